The van der Waals surface area contributed by atoms with Crippen molar-refractivity contribution in [3.63, 3.8) is 0 Å². The van der Waals surface area contributed by atoms with Crippen LogP contribution in [0.1, 0.15) is 25.3 Å². The Kier molecular flexibility index (Phi) is 5.33. The summed E-state index contributed by atoms with van der Waals surface area (Å²) in [6, 6.07) is 8.05. The van der Waals surface area contributed by atoms with Crippen molar-refractivity contribution >= 4 is 35.1 Å². The van der Waals surface area contributed by atoms with E-state index in [2.05, 4.69) is 5.32 Å². The van der Waals surface area contributed by atoms with E-state index in [9.17, 15) is 9.59 Å². The molecular formula is C16H14Cl2N4O2. The van der Waals surface area contributed by atoms with Crippen molar-refractivity contribution in [3.8, 4) is 12.1 Å². The highest BCUT2D eigenvalue weighted by Gasteiger charge is 2.50. The van der Waals surface area contributed by atoms with E-state index < -0.39 is 23.4 Å². The molecule has 24 heavy (non-hydrogen) atoms. The Balaban J connectivity index is 2.28. The second-order valence-corrected chi connectivity index (χ2v) is 6.46. The zero-order valence-corrected chi connectivity index (χ0v) is 14.4. The van der Waals surface area contributed by atoms with E-state index in [1.54, 1.807) is 19.1 Å². The number of nitrogens with one attached hydrogen (secondary N) is 1. The summed E-state index contributed by atoms with van der Waals surface area (Å²) >= 11 is 12.0. The van der Waals surface area contributed by atoms with Crippen LogP contribution in [0.3, 0.4) is 0 Å². The molecule has 0 bridgehead atoms. The quantitative estimate of drug-likeness (QED) is 0.811. The second-order valence-electron chi connectivity index (χ2n) is 5.62. The molecule has 2 atom stereocenters. The first-order chi connectivity index (χ1) is 11.3. The van der Waals surface area contributed by atoms with Gasteiger partial charge in [0.25, 0.3) is 5.91 Å². The van der Waals surface area contributed by atoms with Gasteiger partial charge in [-0.1, -0.05) is 29.3 Å². The van der Waals surface area contributed by atoms with Crippen LogP contribution in [0.5, 0.6) is 0 Å². The first-order valence-corrected chi connectivity index (χ1v) is 7.95. The Labute approximate surface area is 149 Å². The SMILES string of the molecule is C[C@@]1(c2ccc(Cl)cc2Cl)NC(=O)N(C[C@@H](C#N)CCC#N)C1=O. The molecule has 6 nitrogen and oxygen atoms in total. The normalized spacial score (nSPS) is 21.1. The summed E-state index contributed by atoms with van der Waals surface area (Å²) in [5.74, 6) is -1.09. The summed E-state index contributed by atoms with van der Waals surface area (Å²) in [4.78, 5) is 26.0. The molecule has 3 amide bonds. The van der Waals surface area contributed by atoms with Crippen LogP contribution in [-0.4, -0.2) is 23.4 Å². The van der Waals surface area contributed by atoms with Gasteiger partial charge in [-0.15, -0.1) is 0 Å². The Morgan fingerprint density at radius 1 is 1.33 bits per heavy atom. The van der Waals surface area contributed by atoms with E-state index in [1.807, 2.05) is 12.1 Å². The van der Waals surface area contributed by atoms with E-state index in [4.69, 9.17) is 33.7 Å². The number of halogens is 2. The number of rotatable bonds is 5. The third-order valence-corrected chi connectivity index (χ3v) is 4.48. The largest absolute Gasteiger partial charge is 0.325 e. The van der Waals surface area contributed by atoms with Crippen molar-refractivity contribution < 1.29 is 9.59 Å². The number of nitriles is 2. The number of imide groups is 1. The number of carbonyl (C=O) groups excluding carboxylic acids is 2. The van der Waals surface area contributed by atoms with Gasteiger partial charge in [0.15, 0.2) is 0 Å². The van der Waals surface area contributed by atoms with Crippen molar-refractivity contribution in [2.75, 3.05) is 6.54 Å². The van der Waals surface area contributed by atoms with Gasteiger partial charge in [-0.05, 0) is 25.5 Å². The fraction of sp³-hybridized carbons (Fsp3) is 0.375. The lowest BCUT2D eigenvalue weighted by Crippen LogP contribution is -2.41. The Morgan fingerprint density at radius 2 is 2.04 bits per heavy atom. The van der Waals surface area contributed by atoms with Gasteiger partial charge in [0.05, 0.1) is 18.1 Å². The van der Waals surface area contributed by atoms with E-state index >= 15 is 0 Å². The first-order valence-electron chi connectivity index (χ1n) is 7.19. The Hall–Kier alpha value is -2.28. The van der Waals surface area contributed by atoms with Gasteiger partial charge < -0.3 is 5.32 Å². The van der Waals surface area contributed by atoms with E-state index in [0.717, 1.165) is 4.90 Å². The van der Waals surface area contributed by atoms with Crippen LogP contribution in [0.25, 0.3) is 0 Å². The molecule has 8 heteroatoms. The number of amides is 3. The molecule has 1 saturated heterocycles. The molecule has 0 unspecified atom stereocenters. The second kappa shape index (κ2) is 7.09. The number of nitrogens with zero attached hydrogens (tertiary/aromatic N) is 3. The van der Waals surface area contributed by atoms with Crippen LogP contribution in [0.2, 0.25) is 10.0 Å². The van der Waals surface area contributed by atoms with Gasteiger partial charge in [-0.2, -0.15) is 10.5 Å². The van der Waals surface area contributed by atoms with Crippen molar-refractivity contribution in [3.05, 3.63) is 33.8 Å². The maximum Gasteiger partial charge on any atom is 0.325 e. The van der Waals surface area contributed by atoms with Crippen LogP contribution in [-0.2, 0) is 10.3 Å². The standard InChI is InChI=1S/C16H14Cl2N4O2/c1-16(12-5-4-11(17)7-13(12)18)14(23)22(15(24)21-16)9-10(8-20)3-2-6-19/h4-5,7,10H,2-3,9H2,1H3,(H,21,24)/t10-,16+/m1/s1. The lowest BCUT2D eigenvalue weighted by atomic mass is 9.91. The number of hydrogen-bond acceptors (Lipinski definition) is 4. The monoisotopic (exact) mass is 364 g/mol. The zero-order chi connectivity index (χ0) is 17.9. The maximum absolute atomic E-state index is 12.8. The average Bonchev–Trinajstić information content (AvgIpc) is 2.74. The van der Waals surface area contributed by atoms with E-state index in [-0.39, 0.29) is 18.0 Å². The molecule has 124 valence electrons. The predicted octanol–water partition coefficient (Wildman–Crippen LogP) is 3.20. The summed E-state index contributed by atoms with van der Waals surface area (Å²) in [7, 11) is 0. The van der Waals surface area contributed by atoms with Crippen LogP contribution < -0.4 is 5.32 Å². The lowest BCUT2D eigenvalue weighted by Gasteiger charge is -2.24. The van der Waals surface area contributed by atoms with Crippen LogP contribution in [0, 0.1) is 28.6 Å². The highest BCUT2D eigenvalue weighted by Crippen LogP contribution is 2.35. The Bertz CT molecular complexity index is 768. The molecule has 1 aliphatic heterocycles. The molecule has 1 aromatic rings. The minimum atomic E-state index is -1.33. The molecule has 1 aromatic carbocycles. The van der Waals surface area contributed by atoms with Crippen LogP contribution >= 0.6 is 23.2 Å². The molecule has 2 rings (SSSR count). The third-order valence-electron chi connectivity index (χ3n) is 3.93. The molecule has 1 fully saturated rings. The number of carbonyl (C=O) groups is 2. The molecule has 1 N–H and O–H groups in total. The highest BCUT2D eigenvalue weighted by molar-refractivity contribution is 6.35. The summed E-state index contributed by atoms with van der Waals surface area (Å²) in [5, 5.41) is 21.1. The van der Waals surface area contributed by atoms with Gasteiger partial charge in [0.1, 0.15) is 5.54 Å². The van der Waals surface area contributed by atoms with Crippen molar-refractivity contribution in [1.29, 1.82) is 10.5 Å². The van der Waals surface area contributed by atoms with Gasteiger partial charge in [-0.25, -0.2) is 4.79 Å². The number of urea groups is 1. The predicted molar refractivity (Wildman–Crippen MR) is 88.0 cm³/mol. The van der Waals surface area contributed by atoms with Crippen molar-refractivity contribution in [2.45, 2.75) is 25.3 Å². The van der Waals surface area contributed by atoms with Crippen LogP contribution in [0.15, 0.2) is 18.2 Å². The lowest BCUT2D eigenvalue weighted by molar-refractivity contribution is -0.131. The molecule has 0 aromatic heterocycles. The summed E-state index contributed by atoms with van der Waals surface area (Å²) in [6.45, 7) is 1.49. The molecule has 0 spiro atoms. The molecule has 0 saturated carbocycles. The molecular weight excluding hydrogens is 351 g/mol. The van der Waals surface area contributed by atoms with E-state index in [0.29, 0.717) is 17.0 Å². The van der Waals surface area contributed by atoms with Gasteiger partial charge >= 0.3 is 6.03 Å². The topological polar surface area (TPSA) is 97.0 Å². The molecule has 0 radical (unpaired) electrons. The van der Waals surface area contributed by atoms with Gasteiger partial charge in [0, 0.05) is 28.6 Å². The minimum Gasteiger partial charge on any atom is -0.319 e. The fourth-order valence-electron chi connectivity index (χ4n) is 2.60. The van der Waals surface area contributed by atoms with Gasteiger partial charge in [-0.3, -0.25) is 9.69 Å². The zero-order valence-electron chi connectivity index (χ0n) is 12.8. The maximum atomic E-state index is 12.8. The number of benzene rings is 1. The van der Waals surface area contributed by atoms with Gasteiger partial charge in [0.2, 0.25) is 0 Å². The molecule has 1 aliphatic rings. The summed E-state index contributed by atoms with van der Waals surface area (Å²) < 4.78 is 0. The van der Waals surface area contributed by atoms with Crippen LogP contribution in [0.4, 0.5) is 4.79 Å². The summed E-state index contributed by atoms with van der Waals surface area (Å²) in [5.41, 5.74) is -0.895. The average molecular weight is 365 g/mol. The Morgan fingerprint density at radius 3 is 2.62 bits per heavy atom. The smallest absolute Gasteiger partial charge is 0.319 e. The van der Waals surface area contributed by atoms with Crippen molar-refractivity contribution in [1.82, 2.24) is 10.2 Å². The molecule has 0 aliphatic carbocycles. The fourth-order valence-corrected chi connectivity index (χ4v) is 3.19. The van der Waals surface area contributed by atoms with Crippen molar-refractivity contribution in [2.24, 2.45) is 5.92 Å². The minimum absolute atomic E-state index is 0.0658. The third kappa shape index (κ3) is 3.31. The first kappa shape index (κ1) is 18.1. The molecule has 1 heterocycles. The number of hydrogen-bond donors (Lipinski definition) is 1. The summed E-state index contributed by atoms with van der Waals surface area (Å²) in [6.07, 6.45) is 0.477. The van der Waals surface area contributed by atoms with E-state index in [1.165, 1.54) is 6.07 Å². The highest BCUT2D eigenvalue weighted by atomic mass is 35.5.